The van der Waals surface area contributed by atoms with Gasteiger partial charge in [0.1, 0.15) is 0 Å². The number of benzene rings is 1. The third-order valence-corrected chi connectivity index (χ3v) is 6.00. The Bertz CT molecular complexity index is 738. The number of nitriles is 1. The molecular weight excluding hydrogens is 342 g/mol. The van der Waals surface area contributed by atoms with E-state index in [1.807, 2.05) is 13.0 Å². The van der Waals surface area contributed by atoms with Gasteiger partial charge in [-0.2, -0.15) is 9.57 Å². The van der Waals surface area contributed by atoms with E-state index in [2.05, 4.69) is 0 Å². The van der Waals surface area contributed by atoms with Crippen molar-refractivity contribution in [2.75, 3.05) is 33.3 Å². The van der Waals surface area contributed by atoms with E-state index in [1.165, 1.54) is 31.3 Å². The Morgan fingerprint density at radius 3 is 2.68 bits per heavy atom. The summed E-state index contributed by atoms with van der Waals surface area (Å²) in [5, 5.41) is 8.79. The highest BCUT2D eigenvalue weighted by molar-refractivity contribution is 7.89. The van der Waals surface area contributed by atoms with E-state index < -0.39 is 10.0 Å². The minimum Gasteiger partial charge on any atom is -0.377 e. The second-order valence-electron chi connectivity index (χ2n) is 5.96. The van der Waals surface area contributed by atoms with Crippen molar-refractivity contribution in [1.82, 2.24) is 9.21 Å². The van der Waals surface area contributed by atoms with Gasteiger partial charge in [0.15, 0.2) is 0 Å². The van der Waals surface area contributed by atoms with Crippen LogP contribution < -0.4 is 0 Å². The molecule has 1 fully saturated rings. The molecule has 25 heavy (non-hydrogen) atoms. The summed E-state index contributed by atoms with van der Waals surface area (Å²) in [4.78, 5) is 14.2. The molecule has 1 amide bonds. The third-order valence-electron chi connectivity index (χ3n) is 4.18. The van der Waals surface area contributed by atoms with Crippen molar-refractivity contribution in [2.45, 2.75) is 30.8 Å². The highest BCUT2D eigenvalue weighted by Gasteiger charge is 2.28. The first-order valence-electron chi connectivity index (χ1n) is 8.24. The molecule has 0 bridgehead atoms. The van der Waals surface area contributed by atoms with E-state index >= 15 is 0 Å². The number of likely N-dealkylation sites (N-methyl/N-ethyl adjacent to an activating group) is 1. The van der Waals surface area contributed by atoms with Crippen molar-refractivity contribution in [3.8, 4) is 6.07 Å². The van der Waals surface area contributed by atoms with Crippen LogP contribution in [0.3, 0.4) is 0 Å². The summed E-state index contributed by atoms with van der Waals surface area (Å²) in [5.41, 5.74) is 0.382. The lowest BCUT2D eigenvalue weighted by Gasteiger charge is -2.33. The molecule has 1 unspecified atom stereocenters. The molecule has 1 saturated heterocycles. The molecule has 1 aliphatic rings. The second-order valence-corrected chi connectivity index (χ2v) is 8.00. The minimum absolute atomic E-state index is 0.0168. The molecule has 1 aromatic carbocycles. The van der Waals surface area contributed by atoms with Gasteiger partial charge in [0, 0.05) is 26.7 Å². The maximum absolute atomic E-state index is 12.6. The minimum atomic E-state index is -3.78. The average Bonchev–Trinajstić information content (AvgIpc) is 2.62. The number of likely N-dealkylation sites (tertiary alicyclic amines) is 1. The summed E-state index contributed by atoms with van der Waals surface area (Å²) < 4.78 is 31.7. The number of nitrogens with zero attached hydrogens (tertiary/aromatic N) is 3. The summed E-state index contributed by atoms with van der Waals surface area (Å²) in [6.45, 7) is 3.41. The van der Waals surface area contributed by atoms with Crippen LogP contribution in [-0.4, -0.2) is 62.9 Å². The first-order valence-corrected chi connectivity index (χ1v) is 9.68. The Balaban J connectivity index is 2.03. The first-order chi connectivity index (χ1) is 11.9. The number of carbonyl (C=O) groups is 1. The lowest BCUT2D eigenvalue weighted by atomic mass is 10.1. The van der Waals surface area contributed by atoms with Gasteiger partial charge in [-0.3, -0.25) is 4.79 Å². The fraction of sp³-hybridized carbons (Fsp3) is 0.529. The molecule has 1 aromatic rings. The van der Waals surface area contributed by atoms with E-state index in [-0.39, 0.29) is 23.5 Å². The van der Waals surface area contributed by atoms with Crippen LogP contribution in [0.1, 0.15) is 25.3 Å². The number of hydrogen-bond acceptors (Lipinski definition) is 5. The summed E-state index contributed by atoms with van der Waals surface area (Å²) >= 11 is 0. The third kappa shape index (κ3) is 4.78. The Kier molecular flexibility index (Phi) is 6.53. The molecule has 1 atom stereocenters. The molecule has 1 aliphatic heterocycles. The molecule has 0 N–H and O–H groups in total. The fourth-order valence-electron chi connectivity index (χ4n) is 2.79. The molecule has 0 aromatic heterocycles. The van der Waals surface area contributed by atoms with Crippen LogP contribution >= 0.6 is 0 Å². The maximum Gasteiger partial charge on any atom is 0.243 e. The Morgan fingerprint density at radius 2 is 2.08 bits per heavy atom. The normalized spacial score (nSPS) is 18.2. The van der Waals surface area contributed by atoms with Gasteiger partial charge in [-0.15, -0.1) is 0 Å². The van der Waals surface area contributed by atoms with Crippen molar-refractivity contribution >= 4 is 15.9 Å². The van der Waals surface area contributed by atoms with Gasteiger partial charge in [-0.25, -0.2) is 8.42 Å². The van der Waals surface area contributed by atoms with Gasteiger partial charge in [0.05, 0.1) is 29.2 Å². The standard InChI is InChI=1S/C17H23N3O4S/c1-3-24-15-5-4-10-20(12-15)17(21)13-19(2)25(22,23)16-8-6-14(11-18)7-9-16/h6-9,15H,3-5,10,12-13H2,1-2H3. The quantitative estimate of drug-likeness (QED) is 0.756. The molecule has 2 rings (SSSR count). The monoisotopic (exact) mass is 365 g/mol. The number of sulfonamides is 1. The molecule has 7 nitrogen and oxygen atoms in total. The van der Waals surface area contributed by atoms with Crippen LogP contribution in [0.15, 0.2) is 29.2 Å². The van der Waals surface area contributed by atoms with Crippen molar-refractivity contribution in [1.29, 1.82) is 5.26 Å². The topological polar surface area (TPSA) is 90.7 Å². The van der Waals surface area contributed by atoms with Gasteiger partial charge >= 0.3 is 0 Å². The number of piperidine rings is 1. The lowest BCUT2D eigenvalue weighted by molar-refractivity contribution is -0.135. The van der Waals surface area contributed by atoms with E-state index in [0.717, 1.165) is 17.1 Å². The molecule has 0 aliphatic carbocycles. The molecule has 136 valence electrons. The number of rotatable bonds is 6. The molecular formula is C17H23N3O4S. The largest absolute Gasteiger partial charge is 0.377 e. The molecule has 0 saturated carbocycles. The maximum atomic E-state index is 12.6. The summed E-state index contributed by atoms with van der Waals surface area (Å²) in [6, 6.07) is 7.58. The van der Waals surface area contributed by atoms with Crippen molar-refractivity contribution in [3.63, 3.8) is 0 Å². The first kappa shape index (κ1) is 19.4. The zero-order chi connectivity index (χ0) is 18.4. The van der Waals surface area contributed by atoms with Crippen LogP contribution in [-0.2, 0) is 19.6 Å². The molecule has 0 spiro atoms. The van der Waals surface area contributed by atoms with Crippen LogP contribution in [0.25, 0.3) is 0 Å². The van der Waals surface area contributed by atoms with E-state index in [4.69, 9.17) is 10.00 Å². The Hall–Kier alpha value is -1.95. The van der Waals surface area contributed by atoms with Gasteiger partial charge < -0.3 is 9.64 Å². The van der Waals surface area contributed by atoms with Crippen molar-refractivity contribution in [3.05, 3.63) is 29.8 Å². The van der Waals surface area contributed by atoms with Crippen molar-refractivity contribution in [2.24, 2.45) is 0 Å². The molecule has 1 heterocycles. The molecule has 8 heteroatoms. The number of carbonyl (C=O) groups excluding carboxylic acids is 1. The van der Waals surface area contributed by atoms with Crippen LogP contribution in [0.4, 0.5) is 0 Å². The predicted molar refractivity (Wildman–Crippen MR) is 92.2 cm³/mol. The van der Waals surface area contributed by atoms with E-state index in [1.54, 1.807) is 4.90 Å². The van der Waals surface area contributed by atoms with Gasteiger partial charge in [-0.1, -0.05) is 0 Å². The summed E-state index contributed by atoms with van der Waals surface area (Å²) in [5.74, 6) is -0.232. The number of ether oxygens (including phenoxy) is 1. The number of amides is 1. The predicted octanol–water partition coefficient (Wildman–Crippen LogP) is 1.21. The number of hydrogen-bond donors (Lipinski definition) is 0. The summed E-state index contributed by atoms with van der Waals surface area (Å²) in [6.07, 6.45) is 1.78. The van der Waals surface area contributed by atoms with E-state index in [9.17, 15) is 13.2 Å². The zero-order valence-corrected chi connectivity index (χ0v) is 15.3. The second kappa shape index (κ2) is 8.43. The van der Waals surface area contributed by atoms with Crippen molar-refractivity contribution < 1.29 is 17.9 Å². The SMILES string of the molecule is CCOC1CCCN(C(=O)CN(C)S(=O)(=O)c2ccc(C#N)cc2)C1. The highest BCUT2D eigenvalue weighted by Crippen LogP contribution is 2.17. The average molecular weight is 365 g/mol. The fourth-order valence-corrected chi connectivity index (χ4v) is 3.91. The zero-order valence-electron chi connectivity index (χ0n) is 14.5. The Morgan fingerprint density at radius 1 is 1.40 bits per heavy atom. The highest BCUT2D eigenvalue weighted by atomic mass is 32.2. The van der Waals surface area contributed by atoms with Crippen LogP contribution in [0, 0.1) is 11.3 Å². The lowest BCUT2D eigenvalue weighted by Crippen LogP contribution is -2.47. The van der Waals surface area contributed by atoms with Crippen LogP contribution in [0.2, 0.25) is 0 Å². The van der Waals surface area contributed by atoms with Gasteiger partial charge in [-0.05, 0) is 44.0 Å². The summed E-state index contributed by atoms with van der Waals surface area (Å²) in [7, 11) is -2.39. The van der Waals surface area contributed by atoms with Crippen LogP contribution in [0.5, 0.6) is 0 Å². The van der Waals surface area contributed by atoms with Gasteiger partial charge in [0.25, 0.3) is 0 Å². The van der Waals surface area contributed by atoms with E-state index in [0.29, 0.717) is 25.3 Å². The Labute approximate surface area is 148 Å². The molecule has 0 radical (unpaired) electrons. The van der Waals surface area contributed by atoms with Gasteiger partial charge in [0.2, 0.25) is 15.9 Å². The smallest absolute Gasteiger partial charge is 0.243 e.